The van der Waals surface area contributed by atoms with E-state index in [-0.39, 0.29) is 0 Å². The first-order valence-electron chi connectivity index (χ1n) is 4.10. The van der Waals surface area contributed by atoms with Crippen LogP contribution >= 0.6 is 15.9 Å². The molecule has 0 aliphatic heterocycles. The Balaban J connectivity index is 2.44. The predicted molar refractivity (Wildman–Crippen MR) is 51.0 cm³/mol. The van der Waals surface area contributed by atoms with Crippen molar-refractivity contribution < 1.29 is 0 Å². The third-order valence-electron chi connectivity index (χ3n) is 2.30. The molecule has 0 radical (unpaired) electrons. The van der Waals surface area contributed by atoms with Crippen LogP contribution in [0.15, 0.2) is 24.3 Å². The molecule has 2 rings (SSSR count). The molecule has 0 saturated carbocycles. The first-order valence-corrected chi connectivity index (χ1v) is 5.01. The van der Waals surface area contributed by atoms with Crippen LogP contribution in [-0.2, 0) is 6.42 Å². The molecule has 0 heterocycles. The van der Waals surface area contributed by atoms with E-state index in [1.807, 2.05) is 0 Å². The van der Waals surface area contributed by atoms with Gasteiger partial charge < -0.3 is 0 Å². The molecule has 1 aliphatic rings. The molecule has 0 saturated heterocycles. The normalized spacial score (nSPS) is 22.8. The maximum atomic E-state index is 3.69. The lowest BCUT2D eigenvalue weighted by Gasteiger charge is -2.20. The Morgan fingerprint density at radius 3 is 2.91 bits per heavy atom. The van der Waals surface area contributed by atoms with E-state index in [1.165, 1.54) is 30.4 Å². The second-order valence-electron chi connectivity index (χ2n) is 3.06. The van der Waals surface area contributed by atoms with Crippen LogP contribution in [0.5, 0.6) is 0 Å². The summed E-state index contributed by atoms with van der Waals surface area (Å²) in [5.41, 5.74) is 3.03. The van der Waals surface area contributed by atoms with Crippen molar-refractivity contribution in [1.82, 2.24) is 0 Å². The number of benzene rings is 1. The Kier molecular flexibility index (Phi) is 1.99. The van der Waals surface area contributed by atoms with Crippen LogP contribution < -0.4 is 0 Å². The van der Waals surface area contributed by atoms with Crippen LogP contribution in [0.3, 0.4) is 0 Å². The van der Waals surface area contributed by atoms with E-state index in [9.17, 15) is 0 Å². The minimum atomic E-state index is 0.604. The molecule has 1 aliphatic carbocycles. The molecule has 1 aromatic carbocycles. The van der Waals surface area contributed by atoms with Crippen LogP contribution in [0, 0.1) is 0 Å². The Hall–Kier alpha value is -0.300. The number of alkyl halides is 1. The molecule has 1 heteroatoms. The molecule has 0 fully saturated rings. The highest BCUT2D eigenvalue weighted by Crippen LogP contribution is 2.35. The highest BCUT2D eigenvalue weighted by molar-refractivity contribution is 9.09. The molecule has 0 spiro atoms. The van der Waals surface area contributed by atoms with E-state index in [1.54, 1.807) is 0 Å². The second-order valence-corrected chi connectivity index (χ2v) is 4.16. The van der Waals surface area contributed by atoms with E-state index in [0.717, 1.165) is 0 Å². The summed E-state index contributed by atoms with van der Waals surface area (Å²) in [4.78, 5) is 0.604. The van der Waals surface area contributed by atoms with Gasteiger partial charge in [-0.15, -0.1) is 0 Å². The van der Waals surface area contributed by atoms with Crippen LogP contribution in [0.25, 0.3) is 0 Å². The van der Waals surface area contributed by atoms with Gasteiger partial charge in [0, 0.05) is 4.83 Å². The van der Waals surface area contributed by atoms with Crippen LogP contribution in [0.1, 0.15) is 28.8 Å². The minimum Gasteiger partial charge on any atom is -0.0839 e. The molecule has 1 atom stereocenters. The Morgan fingerprint density at radius 2 is 2.09 bits per heavy atom. The predicted octanol–water partition coefficient (Wildman–Crippen LogP) is 3.46. The third kappa shape index (κ3) is 1.34. The monoisotopic (exact) mass is 210 g/mol. The summed E-state index contributed by atoms with van der Waals surface area (Å²) >= 11 is 3.69. The molecule has 1 unspecified atom stereocenters. The lowest BCUT2D eigenvalue weighted by molar-refractivity contribution is 0.681. The van der Waals surface area contributed by atoms with Gasteiger partial charge >= 0.3 is 0 Å². The van der Waals surface area contributed by atoms with Crippen LogP contribution in [0.4, 0.5) is 0 Å². The maximum absolute atomic E-state index is 3.69. The fraction of sp³-hybridized carbons (Fsp3) is 0.400. The molecule has 0 aromatic heterocycles. The zero-order chi connectivity index (χ0) is 7.68. The quantitative estimate of drug-likeness (QED) is 0.576. The lowest BCUT2D eigenvalue weighted by atomic mass is 9.92. The van der Waals surface area contributed by atoms with Gasteiger partial charge in [-0.05, 0) is 30.4 Å². The minimum absolute atomic E-state index is 0.604. The van der Waals surface area contributed by atoms with Gasteiger partial charge in [0.05, 0.1) is 0 Å². The summed E-state index contributed by atoms with van der Waals surface area (Å²) in [5, 5.41) is 0. The zero-order valence-corrected chi connectivity index (χ0v) is 7.97. The lowest BCUT2D eigenvalue weighted by Crippen LogP contribution is -2.03. The highest BCUT2D eigenvalue weighted by atomic mass is 79.9. The average Bonchev–Trinajstić information content (AvgIpc) is 2.06. The van der Waals surface area contributed by atoms with E-state index in [2.05, 4.69) is 40.2 Å². The molecule has 58 valence electrons. The van der Waals surface area contributed by atoms with Gasteiger partial charge in [0.1, 0.15) is 0 Å². The average molecular weight is 211 g/mol. The van der Waals surface area contributed by atoms with Gasteiger partial charge in [-0.1, -0.05) is 40.2 Å². The van der Waals surface area contributed by atoms with Crippen molar-refractivity contribution in [3.8, 4) is 0 Å². The molecular weight excluding hydrogens is 200 g/mol. The van der Waals surface area contributed by atoms with Crippen molar-refractivity contribution >= 4 is 15.9 Å². The van der Waals surface area contributed by atoms with Crippen LogP contribution in [0.2, 0.25) is 0 Å². The van der Waals surface area contributed by atoms with Crippen LogP contribution in [-0.4, -0.2) is 0 Å². The number of halogens is 1. The van der Waals surface area contributed by atoms with Gasteiger partial charge in [0.15, 0.2) is 0 Å². The Morgan fingerprint density at radius 1 is 1.27 bits per heavy atom. The summed E-state index contributed by atoms with van der Waals surface area (Å²) in [5.74, 6) is 0. The van der Waals surface area contributed by atoms with Crippen molar-refractivity contribution in [1.29, 1.82) is 0 Å². The van der Waals surface area contributed by atoms with Crippen molar-refractivity contribution in [3.05, 3.63) is 35.4 Å². The molecule has 0 amide bonds. The van der Waals surface area contributed by atoms with Gasteiger partial charge in [-0.3, -0.25) is 0 Å². The number of rotatable bonds is 0. The third-order valence-corrected chi connectivity index (χ3v) is 3.25. The fourth-order valence-corrected chi connectivity index (χ4v) is 2.47. The Bertz CT molecular complexity index is 255. The summed E-state index contributed by atoms with van der Waals surface area (Å²) in [7, 11) is 0. The number of hydrogen-bond donors (Lipinski definition) is 0. The molecule has 1 aromatic rings. The maximum Gasteiger partial charge on any atom is 0.0398 e. The molecular formula is C10H11Br. The summed E-state index contributed by atoms with van der Waals surface area (Å²) in [6.07, 6.45) is 3.88. The number of hydrogen-bond acceptors (Lipinski definition) is 0. The fourth-order valence-electron chi connectivity index (χ4n) is 1.69. The molecule has 0 bridgehead atoms. The standard InChI is InChI=1S/C10H11Br/c11-10-7-3-5-8-4-1-2-6-9(8)10/h1-2,4,6,10H,3,5,7H2. The first kappa shape index (κ1) is 7.35. The second kappa shape index (κ2) is 2.98. The first-order chi connectivity index (χ1) is 5.38. The largest absolute Gasteiger partial charge is 0.0839 e. The van der Waals surface area contributed by atoms with Gasteiger partial charge in [-0.2, -0.15) is 0 Å². The SMILES string of the molecule is BrC1CCCc2ccccc21. The number of aryl methyl sites for hydroxylation is 1. The van der Waals surface area contributed by atoms with Crippen molar-refractivity contribution in [2.75, 3.05) is 0 Å². The van der Waals surface area contributed by atoms with E-state index >= 15 is 0 Å². The van der Waals surface area contributed by atoms with Crippen molar-refractivity contribution in [2.45, 2.75) is 24.1 Å². The van der Waals surface area contributed by atoms with E-state index < -0.39 is 0 Å². The Labute approximate surface area is 75.8 Å². The highest BCUT2D eigenvalue weighted by Gasteiger charge is 2.15. The number of fused-ring (bicyclic) bond motifs is 1. The molecule has 0 N–H and O–H groups in total. The van der Waals surface area contributed by atoms with E-state index in [4.69, 9.17) is 0 Å². The van der Waals surface area contributed by atoms with Crippen molar-refractivity contribution in [2.24, 2.45) is 0 Å². The van der Waals surface area contributed by atoms with Crippen molar-refractivity contribution in [3.63, 3.8) is 0 Å². The van der Waals surface area contributed by atoms with Gasteiger partial charge in [0.25, 0.3) is 0 Å². The summed E-state index contributed by atoms with van der Waals surface area (Å²) in [6, 6.07) is 8.72. The summed E-state index contributed by atoms with van der Waals surface area (Å²) < 4.78 is 0. The van der Waals surface area contributed by atoms with E-state index in [0.29, 0.717) is 4.83 Å². The molecule has 0 nitrogen and oxygen atoms in total. The smallest absolute Gasteiger partial charge is 0.0398 e. The molecule has 11 heavy (non-hydrogen) atoms. The topological polar surface area (TPSA) is 0 Å². The van der Waals surface area contributed by atoms with Gasteiger partial charge in [0.2, 0.25) is 0 Å². The van der Waals surface area contributed by atoms with Gasteiger partial charge in [-0.25, -0.2) is 0 Å². The summed E-state index contributed by atoms with van der Waals surface area (Å²) in [6.45, 7) is 0. The zero-order valence-electron chi connectivity index (χ0n) is 6.39.